The van der Waals surface area contributed by atoms with Crippen LogP contribution in [-0.2, 0) is 6.42 Å². The van der Waals surface area contributed by atoms with Crippen LogP contribution in [0.2, 0.25) is 5.02 Å². The molecule has 23 heavy (non-hydrogen) atoms. The van der Waals surface area contributed by atoms with Gasteiger partial charge < -0.3 is 5.32 Å². The minimum atomic E-state index is 0.564. The minimum absolute atomic E-state index is 0.564. The van der Waals surface area contributed by atoms with Gasteiger partial charge in [-0.1, -0.05) is 11.6 Å². The molecule has 4 heterocycles. The molecule has 0 radical (unpaired) electrons. The maximum absolute atomic E-state index is 6.04. The zero-order valence-electron chi connectivity index (χ0n) is 12.6. The Labute approximate surface area is 139 Å². The van der Waals surface area contributed by atoms with Crippen LogP contribution in [0.1, 0.15) is 18.5 Å². The highest BCUT2D eigenvalue weighted by Gasteiger charge is 2.15. The van der Waals surface area contributed by atoms with Crippen molar-refractivity contribution < 1.29 is 0 Å². The molecule has 6 nitrogen and oxygen atoms in total. The number of piperidine rings is 1. The van der Waals surface area contributed by atoms with E-state index in [1.807, 2.05) is 10.6 Å². The second-order valence-electron chi connectivity index (χ2n) is 5.90. The zero-order valence-corrected chi connectivity index (χ0v) is 13.4. The van der Waals surface area contributed by atoms with Crippen LogP contribution in [0, 0.1) is 5.92 Å². The summed E-state index contributed by atoms with van der Waals surface area (Å²) in [5.41, 5.74) is 2.66. The third kappa shape index (κ3) is 3.04. The number of imidazole rings is 1. The first-order chi connectivity index (χ1) is 11.3. The second kappa shape index (κ2) is 6.22. The summed E-state index contributed by atoms with van der Waals surface area (Å²) in [6.07, 6.45) is 12.2. The molecule has 1 fully saturated rings. The fourth-order valence-corrected chi connectivity index (χ4v) is 3.21. The van der Waals surface area contributed by atoms with Crippen LogP contribution in [0.4, 0.5) is 0 Å². The van der Waals surface area contributed by atoms with Gasteiger partial charge in [0.1, 0.15) is 5.69 Å². The van der Waals surface area contributed by atoms with Gasteiger partial charge in [0.25, 0.3) is 0 Å². The standard InChI is InChI=1S/C16H17ClN6/c17-12-6-20-16-21-9-15(23(16)10-12)14-8-19-7-13(22-14)4-11-2-1-3-18-5-11/h6-11,18H,1-5H2/t11-/m0/s1. The highest BCUT2D eigenvalue weighted by Crippen LogP contribution is 2.21. The smallest absolute Gasteiger partial charge is 0.234 e. The van der Waals surface area contributed by atoms with E-state index in [0.717, 1.165) is 36.6 Å². The van der Waals surface area contributed by atoms with Gasteiger partial charge in [-0.3, -0.25) is 9.38 Å². The average molecular weight is 329 g/mol. The predicted octanol–water partition coefficient (Wildman–Crippen LogP) is 2.38. The van der Waals surface area contributed by atoms with Gasteiger partial charge in [-0.05, 0) is 38.3 Å². The highest BCUT2D eigenvalue weighted by atomic mass is 35.5. The van der Waals surface area contributed by atoms with Crippen molar-refractivity contribution in [3.63, 3.8) is 0 Å². The summed E-state index contributed by atoms with van der Waals surface area (Å²) in [7, 11) is 0. The first kappa shape index (κ1) is 14.5. The lowest BCUT2D eigenvalue weighted by Gasteiger charge is -2.22. The largest absolute Gasteiger partial charge is 0.316 e. The van der Waals surface area contributed by atoms with E-state index in [2.05, 4.69) is 20.3 Å². The lowest BCUT2D eigenvalue weighted by atomic mass is 9.95. The number of hydrogen-bond donors (Lipinski definition) is 1. The maximum atomic E-state index is 6.04. The third-order valence-electron chi connectivity index (χ3n) is 4.18. The molecule has 0 aromatic carbocycles. The molecule has 3 aromatic heterocycles. The fraction of sp³-hybridized carbons (Fsp3) is 0.375. The van der Waals surface area contributed by atoms with E-state index in [1.54, 1.807) is 24.8 Å². The summed E-state index contributed by atoms with van der Waals surface area (Å²) in [5, 5.41) is 4.01. The van der Waals surface area contributed by atoms with Gasteiger partial charge >= 0.3 is 0 Å². The van der Waals surface area contributed by atoms with Crippen molar-refractivity contribution in [3.05, 3.63) is 41.7 Å². The fourth-order valence-electron chi connectivity index (χ4n) is 3.06. The molecule has 0 saturated carbocycles. The summed E-state index contributed by atoms with van der Waals surface area (Å²) >= 11 is 6.04. The molecule has 118 valence electrons. The summed E-state index contributed by atoms with van der Waals surface area (Å²) in [5.74, 6) is 1.24. The Bertz CT molecular complexity index is 824. The van der Waals surface area contributed by atoms with Crippen LogP contribution in [0.5, 0.6) is 0 Å². The monoisotopic (exact) mass is 328 g/mol. The van der Waals surface area contributed by atoms with Gasteiger partial charge in [-0.25, -0.2) is 15.0 Å². The van der Waals surface area contributed by atoms with Crippen LogP contribution in [-0.4, -0.2) is 37.4 Å². The summed E-state index contributed by atoms with van der Waals surface area (Å²) in [6, 6.07) is 0. The van der Waals surface area contributed by atoms with Crippen LogP contribution >= 0.6 is 11.6 Å². The third-order valence-corrected chi connectivity index (χ3v) is 4.37. The Balaban J connectivity index is 1.65. The molecule has 7 heteroatoms. The van der Waals surface area contributed by atoms with Crippen molar-refractivity contribution in [2.75, 3.05) is 13.1 Å². The number of nitrogens with one attached hydrogen (secondary N) is 1. The quantitative estimate of drug-likeness (QED) is 0.799. The summed E-state index contributed by atoms with van der Waals surface area (Å²) in [6.45, 7) is 2.18. The first-order valence-corrected chi connectivity index (χ1v) is 8.18. The van der Waals surface area contributed by atoms with Crippen molar-refractivity contribution in [2.24, 2.45) is 5.92 Å². The molecule has 4 rings (SSSR count). The molecule has 1 saturated heterocycles. The highest BCUT2D eigenvalue weighted by molar-refractivity contribution is 6.30. The minimum Gasteiger partial charge on any atom is -0.316 e. The van der Waals surface area contributed by atoms with E-state index in [4.69, 9.17) is 16.6 Å². The second-order valence-corrected chi connectivity index (χ2v) is 6.33. The van der Waals surface area contributed by atoms with Gasteiger partial charge in [0, 0.05) is 12.4 Å². The molecule has 1 atom stereocenters. The zero-order chi connectivity index (χ0) is 15.6. The number of halogens is 1. The van der Waals surface area contributed by atoms with Gasteiger partial charge in [-0.2, -0.15) is 0 Å². The van der Waals surface area contributed by atoms with Crippen molar-refractivity contribution in [1.29, 1.82) is 0 Å². The van der Waals surface area contributed by atoms with Crippen molar-refractivity contribution in [1.82, 2.24) is 29.7 Å². The topological polar surface area (TPSA) is 68.0 Å². The van der Waals surface area contributed by atoms with E-state index in [-0.39, 0.29) is 0 Å². The molecule has 1 N–H and O–H groups in total. The van der Waals surface area contributed by atoms with Crippen LogP contribution in [0.15, 0.2) is 31.0 Å². The molecule has 1 aliphatic rings. The maximum Gasteiger partial charge on any atom is 0.234 e. The Hall–Kier alpha value is -2.05. The molecule has 0 amide bonds. The number of rotatable bonds is 3. The average Bonchev–Trinajstić information content (AvgIpc) is 2.99. The Morgan fingerprint density at radius 1 is 1.22 bits per heavy atom. The molecular formula is C16H17ClN6. The molecule has 0 spiro atoms. The lowest BCUT2D eigenvalue weighted by molar-refractivity contribution is 0.373. The summed E-state index contributed by atoms with van der Waals surface area (Å²) in [4.78, 5) is 17.6. The lowest BCUT2D eigenvalue weighted by Crippen LogP contribution is -2.31. The SMILES string of the molecule is Clc1cnc2ncc(-c3cncc(C[C@@H]4CCCNC4)n3)n2c1. The van der Waals surface area contributed by atoms with Gasteiger partial charge in [0.05, 0.1) is 35.0 Å². The van der Waals surface area contributed by atoms with E-state index >= 15 is 0 Å². The van der Waals surface area contributed by atoms with Crippen LogP contribution < -0.4 is 5.32 Å². The van der Waals surface area contributed by atoms with Gasteiger partial charge in [0.15, 0.2) is 0 Å². The molecule has 1 aliphatic heterocycles. The van der Waals surface area contributed by atoms with Crippen LogP contribution in [0.3, 0.4) is 0 Å². The number of nitrogens with zero attached hydrogens (tertiary/aromatic N) is 5. The molecule has 0 bridgehead atoms. The molecule has 0 unspecified atom stereocenters. The molecule has 3 aromatic rings. The molecule has 0 aliphatic carbocycles. The normalized spacial score (nSPS) is 18.4. The number of aromatic nitrogens is 5. The van der Waals surface area contributed by atoms with Crippen LogP contribution in [0.25, 0.3) is 17.2 Å². The Morgan fingerprint density at radius 3 is 3.00 bits per heavy atom. The van der Waals surface area contributed by atoms with E-state index < -0.39 is 0 Å². The Morgan fingerprint density at radius 2 is 2.13 bits per heavy atom. The number of fused-ring (bicyclic) bond motifs is 1. The van der Waals surface area contributed by atoms with Crippen molar-refractivity contribution in [3.8, 4) is 11.4 Å². The van der Waals surface area contributed by atoms with E-state index in [1.165, 1.54) is 12.8 Å². The van der Waals surface area contributed by atoms with Gasteiger partial charge in [0.2, 0.25) is 5.78 Å². The predicted molar refractivity (Wildman–Crippen MR) is 88.3 cm³/mol. The Kier molecular flexibility index (Phi) is 3.93. The van der Waals surface area contributed by atoms with Crippen molar-refractivity contribution in [2.45, 2.75) is 19.3 Å². The van der Waals surface area contributed by atoms with E-state index in [9.17, 15) is 0 Å². The first-order valence-electron chi connectivity index (χ1n) is 7.80. The molecular weight excluding hydrogens is 312 g/mol. The summed E-state index contributed by atoms with van der Waals surface area (Å²) < 4.78 is 1.85. The van der Waals surface area contributed by atoms with Gasteiger partial charge in [-0.15, -0.1) is 0 Å². The number of hydrogen-bond acceptors (Lipinski definition) is 5. The van der Waals surface area contributed by atoms with Crippen molar-refractivity contribution >= 4 is 17.4 Å². The van der Waals surface area contributed by atoms with E-state index in [0.29, 0.717) is 16.7 Å².